The summed E-state index contributed by atoms with van der Waals surface area (Å²) in [5, 5.41) is 16.1. The first-order valence-corrected chi connectivity index (χ1v) is 10.1. The number of benzene rings is 1. The summed E-state index contributed by atoms with van der Waals surface area (Å²) in [5.41, 5.74) is 2.64. The smallest absolute Gasteiger partial charge is 0.134 e. The van der Waals surface area contributed by atoms with E-state index in [0.717, 1.165) is 54.5 Å². The van der Waals surface area contributed by atoms with Crippen molar-refractivity contribution in [2.45, 2.75) is 25.7 Å². The molecule has 1 atom stereocenters. The molecule has 0 bridgehead atoms. The zero-order valence-corrected chi connectivity index (χ0v) is 20.5. The van der Waals surface area contributed by atoms with Crippen LogP contribution in [0.1, 0.15) is 31.5 Å². The molecule has 2 N–H and O–H groups in total. The van der Waals surface area contributed by atoms with E-state index in [-0.39, 0.29) is 33.6 Å². The molecular weight excluding hydrogens is 570 g/mol. The van der Waals surface area contributed by atoms with Gasteiger partial charge in [-0.3, -0.25) is 4.98 Å². The maximum absolute atomic E-state index is 7.57. The first-order valence-electron chi connectivity index (χ1n) is 9.76. The zero-order chi connectivity index (χ0) is 20.5. The number of anilines is 2. The molecule has 0 radical (unpaired) electrons. The van der Waals surface area contributed by atoms with Crippen molar-refractivity contribution in [3.05, 3.63) is 71.0 Å². The van der Waals surface area contributed by atoms with E-state index in [9.17, 15) is 0 Å². The predicted molar refractivity (Wildman–Crippen MR) is 118 cm³/mol. The van der Waals surface area contributed by atoms with Gasteiger partial charge < -0.3 is 15.7 Å². The molecule has 0 amide bonds. The van der Waals surface area contributed by atoms with E-state index < -0.39 is 0 Å². The molecule has 0 saturated carbocycles. The number of aliphatic hydroxyl groups is 1. The van der Waals surface area contributed by atoms with Gasteiger partial charge in [-0.1, -0.05) is 30.2 Å². The van der Waals surface area contributed by atoms with Crippen LogP contribution in [0.2, 0.25) is 5.02 Å². The first-order chi connectivity index (χ1) is 14.2. The Hall–Kier alpha value is -1.85. The molecule has 1 saturated heterocycles. The van der Waals surface area contributed by atoms with Crippen LogP contribution in [0, 0.1) is 0 Å². The van der Waals surface area contributed by atoms with Crippen molar-refractivity contribution >= 4 is 23.1 Å². The number of nitrogens with zero attached hydrogens (tertiary/aromatic N) is 4. The summed E-state index contributed by atoms with van der Waals surface area (Å²) >= 11 is 6.29. The molecule has 1 aliphatic heterocycles. The molecule has 0 spiro atoms. The van der Waals surface area contributed by atoms with Crippen molar-refractivity contribution in [1.29, 1.82) is 0 Å². The average molecular weight is 595 g/mol. The summed E-state index contributed by atoms with van der Waals surface area (Å²) in [5.74, 6) is 1.81. The third-order valence-electron chi connectivity index (χ3n) is 4.42. The van der Waals surface area contributed by atoms with Gasteiger partial charge in [0.1, 0.15) is 11.6 Å². The molecule has 1 fully saturated rings. The number of nitrogens with one attached hydrogen (secondary N) is 1. The number of piperidine rings is 1. The molecule has 3 aromatic rings. The number of aliphatic hydroxyl groups excluding tert-OH is 1. The van der Waals surface area contributed by atoms with Crippen molar-refractivity contribution in [2.24, 2.45) is 0 Å². The van der Waals surface area contributed by atoms with Crippen LogP contribution < -0.4 is 5.32 Å². The molecule has 30 heavy (non-hydrogen) atoms. The van der Waals surface area contributed by atoms with Gasteiger partial charge in [0, 0.05) is 57.6 Å². The molecule has 4 rings (SSSR count). The van der Waals surface area contributed by atoms with E-state index in [1.54, 1.807) is 13.1 Å². The molecule has 8 heteroatoms. The van der Waals surface area contributed by atoms with Crippen LogP contribution in [-0.2, 0) is 21.1 Å². The largest absolute Gasteiger partial charge is 0.662 e. The summed E-state index contributed by atoms with van der Waals surface area (Å²) in [4.78, 5) is 13.8. The van der Waals surface area contributed by atoms with Crippen molar-refractivity contribution in [3.63, 3.8) is 0 Å². The minimum Gasteiger partial charge on any atom is -0.662 e. The first kappa shape index (κ1) is 24.4. The van der Waals surface area contributed by atoms with Gasteiger partial charge in [0.25, 0.3) is 0 Å². The van der Waals surface area contributed by atoms with Gasteiger partial charge in [-0.2, -0.15) is 0 Å². The molecule has 0 aliphatic carbocycles. The topological polar surface area (TPSA) is 85.0 Å². The monoisotopic (exact) mass is 594 g/mol. The van der Waals surface area contributed by atoms with Crippen LogP contribution in [0.5, 0.6) is 0 Å². The van der Waals surface area contributed by atoms with E-state index in [2.05, 4.69) is 15.6 Å². The zero-order valence-electron chi connectivity index (χ0n) is 16.8. The molecule has 1 aliphatic rings. The number of hydrogen-bond acceptors (Lipinski definition) is 5. The summed E-state index contributed by atoms with van der Waals surface area (Å²) in [6.45, 7) is 3.64. The van der Waals surface area contributed by atoms with Gasteiger partial charge in [0.15, 0.2) is 0 Å². The van der Waals surface area contributed by atoms with Gasteiger partial charge in [-0.05, 0) is 37.6 Å². The Labute approximate surface area is 196 Å². The van der Waals surface area contributed by atoms with Crippen LogP contribution in [0.3, 0.4) is 0 Å². The third kappa shape index (κ3) is 6.85. The Morgan fingerprint density at radius 1 is 1.20 bits per heavy atom. The second kappa shape index (κ2) is 12.8. The predicted octanol–water partition coefficient (Wildman–Crippen LogP) is 5.18. The van der Waals surface area contributed by atoms with Crippen molar-refractivity contribution < 1.29 is 26.2 Å². The minimum atomic E-state index is 0. The Morgan fingerprint density at radius 3 is 2.67 bits per heavy atom. The van der Waals surface area contributed by atoms with Crippen LogP contribution in [0.15, 0.2) is 54.9 Å². The number of hydrogen-bond donors (Lipinski definition) is 2. The van der Waals surface area contributed by atoms with E-state index >= 15 is 0 Å². The summed E-state index contributed by atoms with van der Waals surface area (Å²) in [7, 11) is 0. The number of halogens is 1. The Balaban J connectivity index is 0.000000757. The Morgan fingerprint density at radius 2 is 2.00 bits per heavy atom. The normalized spacial score (nSPS) is 15.4. The summed E-state index contributed by atoms with van der Waals surface area (Å²) in [6.07, 6.45) is 5.72. The fraction of sp³-hybridized carbons (Fsp3) is 0.318. The minimum absolute atomic E-state index is 0. The van der Waals surface area contributed by atoms with E-state index in [0.29, 0.717) is 5.02 Å². The van der Waals surface area contributed by atoms with Crippen LogP contribution in [0.25, 0.3) is 16.6 Å². The van der Waals surface area contributed by atoms with Gasteiger partial charge in [-0.15, -0.1) is 13.1 Å². The molecule has 3 heterocycles. The maximum atomic E-state index is 7.57. The number of rotatable bonds is 4. The number of pyridine rings is 1. The maximum Gasteiger partial charge on any atom is 0.134 e. The van der Waals surface area contributed by atoms with Crippen LogP contribution in [-0.4, -0.2) is 39.8 Å². The average Bonchev–Trinajstić information content (AvgIpc) is 2.77. The van der Waals surface area contributed by atoms with Gasteiger partial charge in [0.05, 0.1) is 16.4 Å². The Bertz CT molecular complexity index is 907. The fourth-order valence-corrected chi connectivity index (χ4v) is 3.26. The molecule has 2 aromatic heterocycles. The van der Waals surface area contributed by atoms with Gasteiger partial charge in [-0.25, -0.2) is 9.97 Å². The van der Waals surface area contributed by atoms with Crippen molar-refractivity contribution in [2.75, 3.05) is 25.0 Å². The van der Waals surface area contributed by atoms with Crippen LogP contribution >= 0.6 is 11.6 Å². The number of para-hydroxylation sites is 1. The van der Waals surface area contributed by atoms with Crippen molar-refractivity contribution in [3.8, 4) is 11.3 Å². The SMILES string of the molecule is CCO.Clc1ccccc1Nc1cc(-c2cccnc2)nc(C2CCC[N-]C2)n1.[W]. The van der Waals surface area contributed by atoms with Gasteiger partial charge in [0.2, 0.25) is 0 Å². The second-order valence-electron chi connectivity index (χ2n) is 6.63. The standard InChI is InChI=1S/C20H19ClN5.C2H6O.W/c21-16-7-1-2-8-17(16)24-19-11-18(14-5-3-9-22-12-14)25-20(26-19)15-6-4-10-23-13-15;1-2-3;/h1-3,5,7-9,11-12,15H,4,6,10,13H2,(H,24,25,26);3H,2H2,1H3;/q-1;;. The van der Waals surface area contributed by atoms with Crippen molar-refractivity contribution in [1.82, 2.24) is 15.0 Å². The van der Waals surface area contributed by atoms with E-state index in [4.69, 9.17) is 26.7 Å². The molecule has 6 nitrogen and oxygen atoms in total. The molecule has 1 unspecified atom stereocenters. The third-order valence-corrected chi connectivity index (χ3v) is 4.75. The number of aromatic nitrogens is 3. The van der Waals surface area contributed by atoms with Crippen LogP contribution in [0.4, 0.5) is 11.5 Å². The summed E-state index contributed by atoms with van der Waals surface area (Å²) in [6, 6.07) is 13.5. The molecule has 158 valence electrons. The molecule has 1 aromatic carbocycles. The van der Waals surface area contributed by atoms with E-state index in [1.165, 1.54) is 0 Å². The fourth-order valence-electron chi connectivity index (χ4n) is 3.07. The summed E-state index contributed by atoms with van der Waals surface area (Å²) < 4.78 is 0. The molecular formula is C22H25ClN5OW-. The quantitative estimate of drug-likeness (QED) is 0.435. The second-order valence-corrected chi connectivity index (χ2v) is 7.04. The van der Waals surface area contributed by atoms with Gasteiger partial charge >= 0.3 is 0 Å². The van der Waals surface area contributed by atoms with E-state index in [1.807, 2.05) is 48.7 Å². The Kier molecular flexibility index (Phi) is 10.4.